The van der Waals surface area contributed by atoms with Crippen molar-refractivity contribution in [1.82, 2.24) is 0 Å². The lowest BCUT2D eigenvalue weighted by Crippen LogP contribution is -2.28. The van der Waals surface area contributed by atoms with Gasteiger partial charge < -0.3 is 14.9 Å². The molecule has 0 unspecified atom stereocenters. The third kappa shape index (κ3) is 2.89. The summed E-state index contributed by atoms with van der Waals surface area (Å²) in [6, 6.07) is 2.93. The molecule has 0 aliphatic rings. The van der Waals surface area contributed by atoms with Crippen LogP contribution < -0.4 is 10.4 Å². The summed E-state index contributed by atoms with van der Waals surface area (Å²) in [5.74, 6) is 0. The van der Waals surface area contributed by atoms with Crippen molar-refractivity contribution in [3.05, 3.63) is 34.2 Å². The standard InChI is InChI=1S/C9H8F2O5/c10-9(11,12)8-2-1-6(4-15-13)7(3-8)5-16-14/h1-5,12-14H. The molecular weight excluding hydrogens is 226 g/mol. The second-order valence-corrected chi connectivity index (χ2v) is 2.83. The molecule has 0 radical (unpaired) electrons. The Balaban J connectivity index is 3.41. The maximum atomic E-state index is 12.5. The second-order valence-electron chi connectivity index (χ2n) is 2.83. The molecule has 0 atom stereocenters. The molecule has 0 aliphatic carbocycles. The smallest absolute Gasteiger partial charge is 0.348 e. The highest BCUT2D eigenvalue weighted by molar-refractivity contribution is 5.29. The Kier molecular flexibility index (Phi) is 3.78. The van der Waals surface area contributed by atoms with E-state index in [1.54, 1.807) is 0 Å². The maximum absolute atomic E-state index is 12.5. The van der Waals surface area contributed by atoms with Crippen LogP contribution in [-0.2, 0) is 15.9 Å². The van der Waals surface area contributed by atoms with Gasteiger partial charge in [0, 0.05) is 10.4 Å². The van der Waals surface area contributed by atoms with Crippen molar-refractivity contribution in [1.29, 1.82) is 0 Å². The van der Waals surface area contributed by atoms with E-state index in [2.05, 4.69) is 9.78 Å². The van der Waals surface area contributed by atoms with Gasteiger partial charge in [-0.3, -0.25) is 0 Å². The van der Waals surface area contributed by atoms with Crippen LogP contribution in [0.3, 0.4) is 0 Å². The minimum Gasteiger partial charge on any atom is -0.348 e. The summed E-state index contributed by atoms with van der Waals surface area (Å²) in [6.45, 7) is 0. The monoisotopic (exact) mass is 234 g/mol. The van der Waals surface area contributed by atoms with E-state index in [4.69, 9.17) is 15.6 Å². The fourth-order valence-electron chi connectivity index (χ4n) is 1.08. The van der Waals surface area contributed by atoms with Gasteiger partial charge in [0.05, 0.1) is 5.56 Å². The lowest BCUT2D eigenvalue weighted by atomic mass is 10.1. The first-order valence-electron chi connectivity index (χ1n) is 4.00. The summed E-state index contributed by atoms with van der Waals surface area (Å²) < 4.78 is 25.1. The molecule has 7 heteroatoms. The van der Waals surface area contributed by atoms with Gasteiger partial charge in [-0.05, 0) is 12.1 Å². The van der Waals surface area contributed by atoms with Gasteiger partial charge in [-0.2, -0.15) is 8.78 Å². The Labute approximate surface area is 87.9 Å². The molecule has 1 aromatic carbocycles. The molecule has 1 rings (SSSR count). The average molecular weight is 234 g/mol. The van der Waals surface area contributed by atoms with Crippen LogP contribution in [0.15, 0.2) is 18.2 Å². The van der Waals surface area contributed by atoms with Crippen LogP contribution >= 0.6 is 0 Å². The molecule has 3 N–H and O–H groups in total. The van der Waals surface area contributed by atoms with Crippen molar-refractivity contribution in [3.8, 4) is 0 Å². The van der Waals surface area contributed by atoms with E-state index in [9.17, 15) is 8.78 Å². The number of aliphatic hydroxyl groups is 1. The molecule has 0 aromatic heterocycles. The van der Waals surface area contributed by atoms with Crippen molar-refractivity contribution in [2.75, 3.05) is 0 Å². The predicted molar refractivity (Wildman–Crippen MR) is 48.2 cm³/mol. The molecule has 5 nitrogen and oxygen atoms in total. The van der Waals surface area contributed by atoms with E-state index in [1.165, 1.54) is 0 Å². The highest BCUT2D eigenvalue weighted by Gasteiger charge is 2.27. The summed E-state index contributed by atoms with van der Waals surface area (Å²) in [5, 5.41) is 25.0. The van der Waals surface area contributed by atoms with Gasteiger partial charge in [-0.25, -0.2) is 10.5 Å². The topological polar surface area (TPSA) is 79.2 Å². The van der Waals surface area contributed by atoms with Gasteiger partial charge in [-0.1, -0.05) is 6.07 Å². The van der Waals surface area contributed by atoms with Crippen molar-refractivity contribution in [2.24, 2.45) is 0 Å². The lowest BCUT2D eigenvalue weighted by molar-refractivity contribution is -0.208. The summed E-state index contributed by atoms with van der Waals surface area (Å²) in [5.41, 5.74) is -0.689. The Morgan fingerprint density at radius 2 is 1.62 bits per heavy atom. The number of benzene rings is 1. The summed E-state index contributed by atoms with van der Waals surface area (Å²) >= 11 is 0. The zero-order valence-corrected chi connectivity index (χ0v) is 7.80. The Morgan fingerprint density at radius 3 is 2.12 bits per heavy atom. The van der Waals surface area contributed by atoms with E-state index >= 15 is 0 Å². The maximum Gasteiger partial charge on any atom is 0.380 e. The van der Waals surface area contributed by atoms with Crippen LogP contribution in [0.5, 0.6) is 0 Å². The molecule has 0 aliphatic heterocycles. The highest BCUT2D eigenvalue weighted by atomic mass is 19.3. The van der Waals surface area contributed by atoms with Crippen LogP contribution in [-0.4, -0.2) is 15.6 Å². The summed E-state index contributed by atoms with van der Waals surface area (Å²) in [6.07, 6.45) is -2.43. The SMILES string of the molecule is OOC=c1ccc(C(O)(F)F)cc1=COO. The average Bonchev–Trinajstić information content (AvgIpc) is 2.19. The third-order valence-corrected chi connectivity index (χ3v) is 1.79. The minimum absolute atomic E-state index is 0.0113. The number of alkyl halides is 2. The molecule has 0 fully saturated rings. The van der Waals surface area contributed by atoms with Crippen LogP contribution in [0.2, 0.25) is 0 Å². The first-order chi connectivity index (χ1) is 7.49. The van der Waals surface area contributed by atoms with Gasteiger partial charge in [0.25, 0.3) is 0 Å². The van der Waals surface area contributed by atoms with Crippen molar-refractivity contribution >= 4 is 12.5 Å². The first kappa shape index (κ1) is 12.4. The quantitative estimate of drug-likeness (QED) is 0.513. The van der Waals surface area contributed by atoms with Crippen LogP contribution in [0.1, 0.15) is 5.56 Å². The zero-order valence-electron chi connectivity index (χ0n) is 7.80. The van der Waals surface area contributed by atoms with Crippen molar-refractivity contribution < 1.29 is 34.2 Å². The van der Waals surface area contributed by atoms with E-state index < -0.39 is 11.7 Å². The van der Waals surface area contributed by atoms with E-state index in [-0.39, 0.29) is 10.4 Å². The van der Waals surface area contributed by atoms with E-state index in [0.717, 1.165) is 30.7 Å². The fraction of sp³-hybridized carbons (Fsp3) is 0.111. The molecule has 1 aromatic rings. The second kappa shape index (κ2) is 4.88. The van der Waals surface area contributed by atoms with Gasteiger partial charge in [0.1, 0.15) is 12.5 Å². The predicted octanol–water partition coefficient (Wildman–Crippen LogP) is 0.183. The summed E-state index contributed by atoms with van der Waals surface area (Å²) in [4.78, 5) is 7.38. The van der Waals surface area contributed by atoms with Crippen molar-refractivity contribution in [2.45, 2.75) is 6.11 Å². The fourth-order valence-corrected chi connectivity index (χ4v) is 1.08. The molecule has 88 valence electrons. The molecule has 0 saturated carbocycles. The van der Waals surface area contributed by atoms with Gasteiger partial charge in [-0.15, -0.1) is 0 Å². The zero-order chi connectivity index (χ0) is 12.2. The van der Waals surface area contributed by atoms with Crippen molar-refractivity contribution in [3.63, 3.8) is 0 Å². The molecular formula is C9H8F2O5. The molecule has 16 heavy (non-hydrogen) atoms. The van der Waals surface area contributed by atoms with Crippen LogP contribution in [0.25, 0.3) is 12.5 Å². The van der Waals surface area contributed by atoms with Crippen LogP contribution in [0, 0.1) is 0 Å². The van der Waals surface area contributed by atoms with Gasteiger partial charge >= 0.3 is 6.11 Å². The number of halogens is 2. The molecule has 0 amide bonds. The van der Waals surface area contributed by atoms with E-state index in [1.807, 2.05) is 0 Å². The normalized spacial score (nSPS) is 14.1. The van der Waals surface area contributed by atoms with E-state index in [0.29, 0.717) is 0 Å². The van der Waals surface area contributed by atoms with Gasteiger partial charge in [0.2, 0.25) is 0 Å². The largest absolute Gasteiger partial charge is 0.380 e. The minimum atomic E-state index is -4.00. The third-order valence-electron chi connectivity index (χ3n) is 1.79. The Hall–Kier alpha value is -1.70. The first-order valence-corrected chi connectivity index (χ1v) is 4.00. The van der Waals surface area contributed by atoms with Crippen LogP contribution in [0.4, 0.5) is 8.78 Å². The lowest BCUT2D eigenvalue weighted by Gasteiger charge is -2.08. The Morgan fingerprint density at radius 1 is 1.06 bits per heavy atom. The molecule has 0 spiro atoms. The molecule has 0 heterocycles. The molecule has 0 bridgehead atoms. The molecule has 0 saturated heterocycles. The number of hydrogen-bond acceptors (Lipinski definition) is 5. The number of rotatable bonds is 3. The Bertz CT molecular complexity index is 466. The number of hydrogen-bond donors (Lipinski definition) is 3. The highest BCUT2D eigenvalue weighted by Crippen LogP contribution is 2.21. The van der Waals surface area contributed by atoms with Gasteiger partial charge in [0.15, 0.2) is 0 Å². The summed E-state index contributed by atoms with van der Waals surface area (Å²) in [7, 11) is 0.